The Morgan fingerprint density at radius 2 is 1.79 bits per heavy atom. The predicted molar refractivity (Wildman–Crippen MR) is 71.2 cm³/mol. The van der Waals surface area contributed by atoms with Crippen molar-refractivity contribution in [3.63, 3.8) is 0 Å². The van der Waals surface area contributed by atoms with Crippen LogP contribution in [0.15, 0.2) is 48.5 Å². The van der Waals surface area contributed by atoms with Crippen LogP contribution < -0.4 is 5.73 Å². The van der Waals surface area contributed by atoms with Crippen molar-refractivity contribution in [2.75, 3.05) is 0 Å². The van der Waals surface area contributed by atoms with E-state index < -0.39 is 12.0 Å². The highest BCUT2D eigenvalue weighted by Gasteiger charge is 2.12. The SMILES string of the molecule is N[C@H](Cc1ccc(-c2ccccc2F)cc1)C(=O)O. The lowest BCUT2D eigenvalue weighted by Crippen LogP contribution is -2.32. The summed E-state index contributed by atoms with van der Waals surface area (Å²) in [6, 6.07) is 12.7. The van der Waals surface area contributed by atoms with Crippen molar-refractivity contribution in [2.24, 2.45) is 5.73 Å². The van der Waals surface area contributed by atoms with E-state index in [4.69, 9.17) is 10.8 Å². The first-order valence-electron chi connectivity index (χ1n) is 5.90. The lowest BCUT2D eigenvalue weighted by Gasteiger charge is -2.08. The minimum absolute atomic E-state index is 0.257. The van der Waals surface area contributed by atoms with E-state index in [-0.39, 0.29) is 12.2 Å². The molecule has 0 heterocycles. The van der Waals surface area contributed by atoms with E-state index in [2.05, 4.69) is 0 Å². The third kappa shape index (κ3) is 3.17. The average Bonchev–Trinajstić information content (AvgIpc) is 2.40. The van der Waals surface area contributed by atoms with Crippen molar-refractivity contribution in [3.05, 3.63) is 59.9 Å². The van der Waals surface area contributed by atoms with Crippen LogP contribution in [0.5, 0.6) is 0 Å². The van der Waals surface area contributed by atoms with Crippen molar-refractivity contribution in [1.82, 2.24) is 0 Å². The fourth-order valence-electron chi connectivity index (χ4n) is 1.86. The van der Waals surface area contributed by atoms with Crippen molar-refractivity contribution in [1.29, 1.82) is 0 Å². The average molecular weight is 259 g/mol. The Kier molecular flexibility index (Phi) is 3.92. The Balaban J connectivity index is 2.19. The molecule has 0 aromatic heterocycles. The molecule has 0 spiro atoms. The normalized spacial score (nSPS) is 12.1. The molecule has 2 rings (SSSR count). The van der Waals surface area contributed by atoms with Crippen molar-refractivity contribution >= 4 is 5.97 Å². The standard InChI is InChI=1S/C15H14FNO2/c16-13-4-2-1-3-12(13)11-7-5-10(6-8-11)9-14(17)15(18)19/h1-8,14H,9,17H2,(H,18,19)/t14-/m1/s1. The molecular weight excluding hydrogens is 245 g/mol. The van der Waals surface area contributed by atoms with Crippen molar-refractivity contribution in [2.45, 2.75) is 12.5 Å². The number of carboxylic acids is 1. The van der Waals surface area contributed by atoms with Crippen LogP contribution in [0, 0.1) is 5.82 Å². The van der Waals surface area contributed by atoms with Gasteiger partial charge in [0.2, 0.25) is 0 Å². The fraction of sp³-hybridized carbons (Fsp3) is 0.133. The van der Waals surface area contributed by atoms with Crippen LogP contribution in [-0.2, 0) is 11.2 Å². The van der Waals surface area contributed by atoms with Gasteiger partial charge in [0, 0.05) is 5.56 Å². The minimum atomic E-state index is -1.03. The summed E-state index contributed by atoms with van der Waals surface area (Å²) in [5.74, 6) is -1.31. The van der Waals surface area contributed by atoms with E-state index in [1.165, 1.54) is 6.07 Å². The van der Waals surface area contributed by atoms with Gasteiger partial charge in [0.05, 0.1) is 0 Å². The third-order valence-corrected chi connectivity index (χ3v) is 2.91. The third-order valence-electron chi connectivity index (χ3n) is 2.91. The van der Waals surface area contributed by atoms with Crippen LogP contribution in [0.1, 0.15) is 5.56 Å². The van der Waals surface area contributed by atoms with Crippen molar-refractivity contribution < 1.29 is 14.3 Å². The number of nitrogens with two attached hydrogens (primary N) is 1. The van der Waals surface area contributed by atoms with Gasteiger partial charge in [-0.25, -0.2) is 4.39 Å². The number of carbonyl (C=O) groups is 1. The van der Waals surface area contributed by atoms with Crippen LogP contribution >= 0.6 is 0 Å². The molecular formula is C15H14FNO2. The van der Waals surface area contributed by atoms with E-state index in [0.717, 1.165) is 11.1 Å². The van der Waals surface area contributed by atoms with E-state index in [9.17, 15) is 9.18 Å². The summed E-state index contributed by atoms with van der Waals surface area (Å²) in [5.41, 5.74) is 7.56. The molecule has 0 radical (unpaired) electrons. The maximum Gasteiger partial charge on any atom is 0.320 e. The molecule has 0 saturated carbocycles. The van der Waals surface area contributed by atoms with Crippen molar-refractivity contribution in [3.8, 4) is 11.1 Å². The second-order valence-electron chi connectivity index (χ2n) is 4.33. The highest BCUT2D eigenvalue weighted by Crippen LogP contribution is 2.22. The molecule has 0 aliphatic carbocycles. The molecule has 2 aromatic carbocycles. The Morgan fingerprint density at radius 1 is 1.16 bits per heavy atom. The quantitative estimate of drug-likeness (QED) is 0.886. The van der Waals surface area contributed by atoms with Crippen LogP contribution in [0.4, 0.5) is 4.39 Å². The van der Waals surface area contributed by atoms with E-state index in [1.807, 2.05) is 0 Å². The van der Waals surface area contributed by atoms with Crippen LogP contribution in [0.3, 0.4) is 0 Å². The lowest BCUT2D eigenvalue weighted by molar-refractivity contribution is -0.138. The number of carboxylic acid groups (broad SMARTS) is 1. The first-order chi connectivity index (χ1) is 9.08. The number of rotatable bonds is 4. The summed E-state index contributed by atoms with van der Waals surface area (Å²) < 4.78 is 13.6. The summed E-state index contributed by atoms with van der Waals surface area (Å²) in [6.07, 6.45) is 0.257. The first-order valence-corrected chi connectivity index (χ1v) is 5.90. The summed E-state index contributed by atoms with van der Waals surface area (Å²) >= 11 is 0. The van der Waals surface area contributed by atoms with E-state index >= 15 is 0 Å². The summed E-state index contributed by atoms with van der Waals surface area (Å²) in [5, 5.41) is 8.74. The molecule has 3 N–H and O–H groups in total. The second-order valence-corrected chi connectivity index (χ2v) is 4.33. The molecule has 98 valence electrons. The van der Waals surface area contributed by atoms with Crippen LogP contribution in [0.2, 0.25) is 0 Å². The van der Waals surface area contributed by atoms with Crippen LogP contribution in [0.25, 0.3) is 11.1 Å². The summed E-state index contributed by atoms with van der Waals surface area (Å²) in [6.45, 7) is 0. The Hall–Kier alpha value is -2.20. The molecule has 4 heteroatoms. The van der Waals surface area contributed by atoms with Gasteiger partial charge >= 0.3 is 5.97 Å². The zero-order chi connectivity index (χ0) is 13.8. The van der Waals surface area contributed by atoms with Gasteiger partial charge in [-0.2, -0.15) is 0 Å². The zero-order valence-electron chi connectivity index (χ0n) is 10.2. The largest absolute Gasteiger partial charge is 0.480 e. The molecule has 3 nitrogen and oxygen atoms in total. The van der Waals surface area contributed by atoms with E-state index in [1.54, 1.807) is 42.5 Å². The maximum atomic E-state index is 13.6. The topological polar surface area (TPSA) is 63.3 Å². The number of hydrogen-bond acceptors (Lipinski definition) is 2. The van der Waals surface area contributed by atoms with E-state index in [0.29, 0.717) is 5.56 Å². The highest BCUT2D eigenvalue weighted by atomic mass is 19.1. The second kappa shape index (κ2) is 5.63. The predicted octanol–water partition coefficient (Wildman–Crippen LogP) is 2.45. The zero-order valence-corrected chi connectivity index (χ0v) is 10.2. The summed E-state index contributed by atoms with van der Waals surface area (Å²) in [4.78, 5) is 10.7. The van der Waals surface area contributed by atoms with Gasteiger partial charge in [-0.05, 0) is 23.6 Å². The number of benzene rings is 2. The minimum Gasteiger partial charge on any atom is -0.480 e. The van der Waals surface area contributed by atoms with Gasteiger partial charge < -0.3 is 10.8 Å². The Morgan fingerprint density at radius 3 is 2.37 bits per heavy atom. The first kappa shape index (κ1) is 13.2. The Labute approximate surface area is 110 Å². The van der Waals surface area contributed by atoms with Crippen LogP contribution in [-0.4, -0.2) is 17.1 Å². The molecule has 0 bridgehead atoms. The van der Waals surface area contributed by atoms with Gasteiger partial charge in [0.15, 0.2) is 0 Å². The van der Waals surface area contributed by atoms with Gasteiger partial charge in [0.25, 0.3) is 0 Å². The van der Waals surface area contributed by atoms with Gasteiger partial charge in [0.1, 0.15) is 11.9 Å². The molecule has 0 saturated heterocycles. The number of halogens is 1. The fourth-order valence-corrected chi connectivity index (χ4v) is 1.86. The molecule has 0 unspecified atom stereocenters. The molecule has 1 atom stereocenters. The van der Waals surface area contributed by atoms with Gasteiger partial charge in [-0.1, -0.05) is 42.5 Å². The molecule has 0 amide bonds. The molecule has 2 aromatic rings. The maximum absolute atomic E-state index is 13.6. The van der Waals surface area contributed by atoms with Gasteiger partial charge in [-0.3, -0.25) is 4.79 Å². The molecule has 0 fully saturated rings. The number of hydrogen-bond donors (Lipinski definition) is 2. The summed E-state index contributed by atoms with van der Waals surface area (Å²) in [7, 11) is 0. The molecule has 0 aliphatic heterocycles. The Bertz CT molecular complexity index is 581. The molecule has 0 aliphatic rings. The smallest absolute Gasteiger partial charge is 0.320 e. The molecule has 19 heavy (non-hydrogen) atoms. The lowest BCUT2D eigenvalue weighted by atomic mass is 10.0. The number of aliphatic carboxylic acids is 1. The van der Waals surface area contributed by atoms with Gasteiger partial charge in [-0.15, -0.1) is 0 Å². The highest BCUT2D eigenvalue weighted by molar-refractivity contribution is 5.73. The monoisotopic (exact) mass is 259 g/mol.